The number of thiophene rings is 1. The van der Waals surface area contributed by atoms with Gasteiger partial charge in [0, 0.05) is 48.8 Å². The molecule has 1 heterocycles. The van der Waals surface area contributed by atoms with Crippen LogP contribution in [0.1, 0.15) is 31.4 Å². The van der Waals surface area contributed by atoms with Crippen molar-refractivity contribution in [2.24, 2.45) is 0 Å². The van der Waals surface area contributed by atoms with E-state index in [1.165, 1.54) is 81.4 Å². The van der Waals surface area contributed by atoms with Gasteiger partial charge in [0.05, 0.1) is 5.69 Å². The molecule has 2 aliphatic carbocycles. The van der Waals surface area contributed by atoms with Crippen molar-refractivity contribution in [2.45, 2.75) is 25.7 Å². The topological polar surface area (TPSA) is 3.24 Å². The van der Waals surface area contributed by atoms with Crippen LogP contribution in [-0.2, 0) is 5.41 Å². The van der Waals surface area contributed by atoms with Crippen molar-refractivity contribution >= 4 is 59.2 Å². The van der Waals surface area contributed by atoms with E-state index in [9.17, 15) is 0 Å². The normalized spacial score (nSPS) is 15.2. The molecule has 1 nitrogen and oxygen atoms in total. The fourth-order valence-corrected chi connectivity index (χ4v) is 8.94. The predicted octanol–water partition coefficient (Wildman–Crippen LogP) is 12.6. The molecule has 0 N–H and O–H groups in total. The Kier molecular flexibility index (Phi) is 6.16. The molecule has 0 saturated heterocycles. The first-order valence-electron chi connectivity index (χ1n) is 16.1. The molecule has 9 rings (SSSR count). The minimum Gasteiger partial charge on any atom is -0.313 e. The Morgan fingerprint density at radius 2 is 1.35 bits per heavy atom. The van der Waals surface area contributed by atoms with Crippen molar-refractivity contribution in [2.75, 3.05) is 4.90 Å². The smallest absolute Gasteiger partial charge is 0.0536 e. The minimum absolute atomic E-state index is 0.0289. The largest absolute Gasteiger partial charge is 0.313 e. The SMILES string of the molecule is CC1(C)C2=CCC(N(c3cccc(-c4cccc5c4sc4ccccc45)c3)c3cccc4ccccc34)=CC=C2c2ccccc21. The van der Waals surface area contributed by atoms with Gasteiger partial charge in [-0.25, -0.2) is 0 Å². The van der Waals surface area contributed by atoms with Crippen LogP contribution in [0.5, 0.6) is 0 Å². The summed E-state index contributed by atoms with van der Waals surface area (Å²) in [6.07, 6.45) is 8.04. The predicted molar refractivity (Wildman–Crippen MR) is 199 cm³/mol. The molecule has 0 fully saturated rings. The monoisotopic (exact) mass is 607 g/mol. The van der Waals surface area contributed by atoms with Gasteiger partial charge in [0.25, 0.3) is 0 Å². The van der Waals surface area contributed by atoms with Gasteiger partial charge in [-0.1, -0.05) is 135 Å². The highest BCUT2D eigenvalue weighted by molar-refractivity contribution is 7.26. The quantitative estimate of drug-likeness (QED) is 0.192. The van der Waals surface area contributed by atoms with Crippen LogP contribution in [-0.4, -0.2) is 0 Å². The molecular formula is C44H33NS. The number of fused-ring (bicyclic) bond motifs is 7. The van der Waals surface area contributed by atoms with Crippen molar-refractivity contribution in [3.05, 3.63) is 174 Å². The summed E-state index contributed by atoms with van der Waals surface area (Å²) in [5, 5.41) is 5.15. The molecule has 220 valence electrons. The van der Waals surface area contributed by atoms with Gasteiger partial charge in [0.2, 0.25) is 0 Å². The van der Waals surface area contributed by atoms with E-state index in [4.69, 9.17) is 0 Å². The highest BCUT2D eigenvalue weighted by Gasteiger charge is 2.38. The maximum Gasteiger partial charge on any atom is 0.0536 e. The van der Waals surface area contributed by atoms with Gasteiger partial charge in [0.15, 0.2) is 0 Å². The summed E-state index contributed by atoms with van der Waals surface area (Å²) < 4.78 is 2.67. The fraction of sp³-hybridized carbons (Fsp3) is 0.0909. The number of hydrogen-bond acceptors (Lipinski definition) is 2. The van der Waals surface area contributed by atoms with Crippen LogP contribution in [0.25, 0.3) is 47.6 Å². The molecule has 0 saturated carbocycles. The number of benzene rings is 6. The molecule has 1 aromatic heterocycles. The number of nitrogens with zero attached hydrogens (tertiary/aromatic N) is 1. The molecule has 0 aliphatic heterocycles. The van der Waals surface area contributed by atoms with Gasteiger partial charge in [-0.2, -0.15) is 0 Å². The molecular weight excluding hydrogens is 575 g/mol. The molecule has 0 radical (unpaired) electrons. The third-order valence-electron chi connectivity index (χ3n) is 9.93. The van der Waals surface area contributed by atoms with Crippen molar-refractivity contribution in [1.29, 1.82) is 0 Å². The van der Waals surface area contributed by atoms with E-state index in [0.717, 1.165) is 6.42 Å². The lowest BCUT2D eigenvalue weighted by atomic mass is 9.82. The summed E-state index contributed by atoms with van der Waals surface area (Å²) in [5.74, 6) is 0. The Hall–Kier alpha value is -5.18. The second-order valence-electron chi connectivity index (χ2n) is 12.9. The number of hydrogen-bond donors (Lipinski definition) is 0. The molecule has 2 heteroatoms. The lowest BCUT2D eigenvalue weighted by Crippen LogP contribution is -2.17. The van der Waals surface area contributed by atoms with E-state index in [-0.39, 0.29) is 5.41 Å². The maximum absolute atomic E-state index is 2.49. The molecule has 46 heavy (non-hydrogen) atoms. The number of rotatable bonds is 4. The highest BCUT2D eigenvalue weighted by Crippen LogP contribution is 2.51. The minimum atomic E-state index is -0.0289. The molecule has 0 bridgehead atoms. The van der Waals surface area contributed by atoms with Gasteiger partial charge < -0.3 is 4.90 Å². The van der Waals surface area contributed by atoms with E-state index >= 15 is 0 Å². The van der Waals surface area contributed by atoms with E-state index in [2.05, 4.69) is 170 Å². The van der Waals surface area contributed by atoms with Crippen LogP contribution in [0.2, 0.25) is 0 Å². The molecule has 0 unspecified atom stereocenters. The van der Waals surface area contributed by atoms with Gasteiger partial charge in [-0.3, -0.25) is 0 Å². The Morgan fingerprint density at radius 3 is 2.28 bits per heavy atom. The standard InChI is InChI=1S/C44H33NS/c1-44(2)39-21-7-5-17-35(39)36-26-24-31(25-27-40(36)44)45(41-22-10-13-29-12-3-4-16-33(29)41)32-15-9-14-30(28-32)34-19-11-20-38-37-18-6-8-23-42(37)46-43(34)38/h3-24,26-28H,25H2,1-2H3. The summed E-state index contributed by atoms with van der Waals surface area (Å²) in [6, 6.07) is 49.0. The van der Waals surface area contributed by atoms with Gasteiger partial charge in [0.1, 0.15) is 0 Å². The van der Waals surface area contributed by atoms with Gasteiger partial charge >= 0.3 is 0 Å². The van der Waals surface area contributed by atoms with Crippen LogP contribution >= 0.6 is 11.3 Å². The first-order chi connectivity index (χ1) is 22.6. The van der Waals surface area contributed by atoms with E-state index in [0.29, 0.717) is 0 Å². The second-order valence-corrected chi connectivity index (χ2v) is 13.9. The van der Waals surface area contributed by atoms with Crippen LogP contribution in [0.4, 0.5) is 11.4 Å². The highest BCUT2D eigenvalue weighted by atomic mass is 32.1. The zero-order valence-electron chi connectivity index (χ0n) is 26.0. The number of allylic oxidation sites excluding steroid dienone is 5. The van der Waals surface area contributed by atoms with Crippen LogP contribution in [0.3, 0.4) is 0 Å². The summed E-state index contributed by atoms with van der Waals surface area (Å²) in [7, 11) is 0. The molecule has 0 spiro atoms. The summed E-state index contributed by atoms with van der Waals surface area (Å²) in [4.78, 5) is 2.49. The zero-order valence-corrected chi connectivity index (χ0v) is 26.8. The van der Waals surface area contributed by atoms with Gasteiger partial charge in [-0.05, 0) is 69.1 Å². The summed E-state index contributed by atoms with van der Waals surface area (Å²) in [5.41, 5.74) is 11.6. The molecule has 7 aromatic rings. The lowest BCUT2D eigenvalue weighted by molar-refractivity contribution is 0.658. The zero-order chi connectivity index (χ0) is 30.8. The van der Waals surface area contributed by atoms with Crippen molar-refractivity contribution in [3.8, 4) is 11.1 Å². The Labute approximate surface area is 274 Å². The lowest BCUT2D eigenvalue weighted by Gasteiger charge is -2.29. The third-order valence-corrected chi connectivity index (χ3v) is 11.1. The van der Waals surface area contributed by atoms with Crippen molar-refractivity contribution < 1.29 is 0 Å². The summed E-state index contributed by atoms with van der Waals surface area (Å²) in [6.45, 7) is 4.73. The Bertz CT molecular complexity index is 2430. The first-order valence-corrected chi connectivity index (χ1v) is 16.9. The first kappa shape index (κ1) is 27.2. The van der Waals surface area contributed by atoms with E-state index in [1.54, 1.807) is 0 Å². The van der Waals surface area contributed by atoms with Crippen molar-refractivity contribution in [1.82, 2.24) is 0 Å². The van der Waals surface area contributed by atoms with Gasteiger partial charge in [-0.15, -0.1) is 11.3 Å². The van der Waals surface area contributed by atoms with E-state index < -0.39 is 0 Å². The van der Waals surface area contributed by atoms with Crippen LogP contribution in [0.15, 0.2) is 163 Å². The molecule has 6 aromatic carbocycles. The fourth-order valence-electron chi connectivity index (χ4n) is 7.70. The molecule has 2 aliphatic rings. The van der Waals surface area contributed by atoms with Crippen LogP contribution < -0.4 is 4.90 Å². The third kappa shape index (κ3) is 4.14. The van der Waals surface area contributed by atoms with Crippen LogP contribution in [0, 0.1) is 0 Å². The van der Waals surface area contributed by atoms with Crippen molar-refractivity contribution in [3.63, 3.8) is 0 Å². The maximum atomic E-state index is 2.49. The molecule has 0 atom stereocenters. The Morgan fingerprint density at radius 1 is 0.630 bits per heavy atom. The Balaban J connectivity index is 1.24. The summed E-state index contributed by atoms with van der Waals surface area (Å²) >= 11 is 1.89. The average Bonchev–Trinajstić information content (AvgIpc) is 3.46. The molecule has 0 amide bonds. The van der Waals surface area contributed by atoms with E-state index in [1.807, 2.05) is 11.3 Å². The second kappa shape index (κ2) is 10.4. The number of anilines is 2. The average molecular weight is 608 g/mol.